The predicted octanol–water partition coefficient (Wildman–Crippen LogP) is 7.89. The van der Waals surface area contributed by atoms with Gasteiger partial charge >= 0.3 is 0 Å². The third-order valence-electron chi connectivity index (χ3n) is 9.72. The van der Waals surface area contributed by atoms with Crippen molar-refractivity contribution < 1.29 is 0 Å². The minimum Gasteiger partial charge on any atom is -0.268 e. The highest BCUT2D eigenvalue weighted by Gasteiger charge is 2.27. The molecule has 0 radical (unpaired) electrons. The smallest absolute Gasteiger partial charge is 0.264 e. The number of pyridine rings is 2. The van der Waals surface area contributed by atoms with Gasteiger partial charge in [0.2, 0.25) is 0 Å². The van der Waals surface area contributed by atoms with Crippen LogP contribution in [0.3, 0.4) is 0 Å². The summed E-state index contributed by atoms with van der Waals surface area (Å²) in [6.45, 7) is 0. The van der Waals surface area contributed by atoms with E-state index in [-0.39, 0.29) is 11.1 Å². The molecule has 0 N–H and O–H groups in total. The predicted molar refractivity (Wildman–Crippen MR) is 177 cm³/mol. The van der Waals surface area contributed by atoms with Crippen LogP contribution in [0.4, 0.5) is 0 Å². The summed E-state index contributed by atoms with van der Waals surface area (Å²) < 4.78 is 5.74. The fourth-order valence-electron chi connectivity index (χ4n) is 8.08. The van der Waals surface area contributed by atoms with Crippen LogP contribution in [0.2, 0.25) is 0 Å². The van der Waals surface area contributed by atoms with E-state index in [1.807, 2.05) is 54.6 Å². The Balaban J connectivity index is 1.41. The minimum atomic E-state index is -0.0471. The summed E-state index contributed by atoms with van der Waals surface area (Å²) in [7, 11) is 0. The molecule has 12 aromatic rings. The number of benzene rings is 7. The molecule has 0 bridgehead atoms. The van der Waals surface area contributed by atoms with Crippen LogP contribution in [0.15, 0.2) is 94.5 Å². The summed E-state index contributed by atoms with van der Waals surface area (Å²) in [4.78, 5) is 38.2. The molecule has 0 saturated heterocycles. The number of hydrogen-bond donors (Lipinski definition) is 0. The van der Waals surface area contributed by atoms with Crippen molar-refractivity contribution in [1.82, 2.24) is 18.8 Å². The van der Waals surface area contributed by atoms with E-state index in [2.05, 4.69) is 30.3 Å². The molecule has 6 nitrogen and oxygen atoms in total. The van der Waals surface area contributed by atoms with Gasteiger partial charge in [0.25, 0.3) is 11.1 Å². The van der Waals surface area contributed by atoms with Crippen LogP contribution in [0.5, 0.6) is 0 Å². The zero-order chi connectivity index (χ0) is 27.9. The lowest BCUT2D eigenvalue weighted by Gasteiger charge is -2.17. The van der Waals surface area contributed by atoms with E-state index in [0.29, 0.717) is 22.1 Å². The number of rotatable bonds is 0. The van der Waals surface area contributed by atoms with E-state index >= 15 is 0 Å². The second-order valence-corrected chi connectivity index (χ2v) is 12.7. The Morgan fingerprint density at radius 2 is 0.953 bits per heavy atom. The molecular weight excluding hydrogens is 552 g/mol. The highest BCUT2D eigenvalue weighted by atomic mass is 32.1. The molecule has 7 heteroatoms. The zero-order valence-corrected chi connectivity index (χ0v) is 22.9. The van der Waals surface area contributed by atoms with Crippen molar-refractivity contribution in [2.45, 2.75) is 0 Å². The number of fused-ring (bicyclic) bond motifs is 9. The second-order valence-electron chi connectivity index (χ2n) is 11.6. The van der Waals surface area contributed by atoms with Gasteiger partial charge in [-0.05, 0) is 59.3 Å². The van der Waals surface area contributed by atoms with Crippen LogP contribution in [0.25, 0.3) is 107 Å². The van der Waals surface area contributed by atoms with Crippen molar-refractivity contribution in [3.05, 3.63) is 106 Å². The molecule has 12 rings (SSSR count). The highest BCUT2D eigenvalue weighted by molar-refractivity contribution is 7.26. The quantitative estimate of drug-likeness (QED) is 0.138. The molecule has 7 aromatic carbocycles. The van der Waals surface area contributed by atoms with E-state index in [1.54, 1.807) is 20.1 Å². The first kappa shape index (κ1) is 21.1. The van der Waals surface area contributed by atoms with Crippen LogP contribution < -0.4 is 11.1 Å². The van der Waals surface area contributed by atoms with Crippen molar-refractivity contribution in [2.24, 2.45) is 0 Å². The topological polar surface area (TPSA) is 68.7 Å². The summed E-state index contributed by atoms with van der Waals surface area (Å²) in [5.74, 6) is 0. The van der Waals surface area contributed by atoms with Gasteiger partial charge in [-0.15, -0.1) is 11.3 Å². The maximum absolute atomic E-state index is 14.2. The maximum atomic E-state index is 14.2. The average molecular weight is 567 g/mol. The van der Waals surface area contributed by atoms with Crippen LogP contribution in [-0.2, 0) is 0 Å². The molecule has 0 saturated carbocycles. The molecule has 43 heavy (non-hydrogen) atoms. The van der Waals surface area contributed by atoms with Crippen LogP contribution in [0.1, 0.15) is 0 Å². The Hall–Kier alpha value is -5.66. The van der Waals surface area contributed by atoms with Gasteiger partial charge in [0.1, 0.15) is 11.3 Å². The zero-order valence-electron chi connectivity index (χ0n) is 22.1. The summed E-state index contributed by atoms with van der Waals surface area (Å²) in [5, 5.41) is 12.0. The van der Waals surface area contributed by atoms with E-state index in [1.165, 1.54) is 0 Å². The van der Waals surface area contributed by atoms with E-state index in [0.717, 1.165) is 85.3 Å². The van der Waals surface area contributed by atoms with Gasteiger partial charge in [-0.3, -0.25) is 18.4 Å². The molecule has 0 aliphatic heterocycles. The first-order valence-electron chi connectivity index (χ1n) is 14.2. The monoisotopic (exact) mass is 566 g/mol. The Morgan fingerprint density at radius 3 is 1.60 bits per heavy atom. The molecule has 0 spiro atoms. The highest BCUT2D eigenvalue weighted by Crippen LogP contribution is 2.52. The van der Waals surface area contributed by atoms with Crippen LogP contribution in [0, 0.1) is 0 Å². The van der Waals surface area contributed by atoms with Crippen LogP contribution in [-0.4, -0.2) is 18.8 Å². The summed E-state index contributed by atoms with van der Waals surface area (Å²) >= 11 is 1.71. The minimum absolute atomic E-state index is 0.0445. The van der Waals surface area contributed by atoms with Crippen LogP contribution >= 0.6 is 11.3 Å². The van der Waals surface area contributed by atoms with Gasteiger partial charge in [0, 0.05) is 57.9 Å². The molecule has 5 aromatic heterocycles. The maximum Gasteiger partial charge on any atom is 0.264 e. The Kier molecular flexibility index (Phi) is 3.21. The lowest BCUT2D eigenvalue weighted by atomic mass is 9.86. The van der Waals surface area contributed by atoms with Crippen molar-refractivity contribution in [2.75, 3.05) is 0 Å². The molecule has 5 heterocycles. The largest absolute Gasteiger partial charge is 0.268 e. The first-order valence-corrected chi connectivity index (χ1v) is 15.0. The standard InChI is InChI=1S/C36H14N4O2S/c41-35-18-12-10-16-15-9-11-17-27-20(36(42)39-23-7-3-1-5-21(23)37-33(17)39)14-26-32(29(15)27)31-25(43-26)13-19(28(18)30(16)31)34-38-22-6-2-4-8-24(22)40(34)35/h1-14H. The lowest BCUT2D eigenvalue weighted by Crippen LogP contribution is -2.14. The lowest BCUT2D eigenvalue weighted by molar-refractivity contribution is 1.19. The van der Waals surface area contributed by atoms with E-state index < -0.39 is 0 Å². The molecule has 196 valence electrons. The number of hydrogen-bond acceptors (Lipinski definition) is 5. The molecule has 0 atom stereocenters. The number of imidazole rings is 2. The average Bonchev–Trinajstić information content (AvgIpc) is 3.73. The van der Waals surface area contributed by atoms with Gasteiger partial charge in [0.15, 0.2) is 0 Å². The number of thiophene rings is 1. The fourth-order valence-corrected chi connectivity index (χ4v) is 9.28. The molecule has 0 fully saturated rings. The third-order valence-corrected chi connectivity index (χ3v) is 10.8. The second kappa shape index (κ2) is 6.53. The SMILES string of the molecule is O=c1c2cc3sc4cc5c6c(ccc7c8ccc(c2c8c3c4c76)c2nc3ccccc3n12)c(=O)n1c2ccccc2nc51. The van der Waals surface area contributed by atoms with Crippen molar-refractivity contribution in [1.29, 1.82) is 0 Å². The number of aromatic nitrogens is 4. The number of nitrogens with zero attached hydrogens (tertiary/aromatic N) is 4. The molecule has 0 amide bonds. The van der Waals surface area contributed by atoms with Gasteiger partial charge in [-0.2, -0.15) is 0 Å². The van der Waals surface area contributed by atoms with Crippen molar-refractivity contribution in [3.8, 4) is 0 Å². The third kappa shape index (κ3) is 2.12. The Labute approximate surface area is 242 Å². The van der Waals surface area contributed by atoms with Crippen molar-refractivity contribution in [3.63, 3.8) is 0 Å². The summed E-state index contributed by atoms with van der Waals surface area (Å²) in [5.41, 5.74) is 4.55. The summed E-state index contributed by atoms with van der Waals surface area (Å²) in [6.07, 6.45) is 0. The molecule has 0 aliphatic carbocycles. The molecular formula is C36H14N4O2S. The summed E-state index contributed by atoms with van der Waals surface area (Å²) in [6, 6.07) is 28.3. The van der Waals surface area contributed by atoms with Gasteiger partial charge in [-0.1, -0.05) is 36.4 Å². The fraction of sp³-hybridized carbons (Fsp3) is 0. The van der Waals surface area contributed by atoms with Gasteiger partial charge in [0.05, 0.1) is 27.5 Å². The van der Waals surface area contributed by atoms with Gasteiger partial charge in [-0.25, -0.2) is 9.97 Å². The van der Waals surface area contributed by atoms with E-state index in [4.69, 9.17) is 9.97 Å². The van der Waals surface area contributed by atoms with Gasteiger partial charge < -0.3 is 0 Å². The Morgan fingerprint density at radius 1 is 0.465 bits per heavy atom. The van der Waals surface area contributed by atoms with E-state index in [9.17, 15) is 9.59 Å². The molecule has 0 unspecified atom stereocenters. The Bertz CT molecular complexity index is 3310. The van der Waals surface area contributed by atoms with Crippen molar-refractivity contribution >= 4 is 119 Å². The normalized spacial score (nSPS) is 13.3. The number of para-hydroxylation sites is 4. The first-order chi connectivity index (χ1) is 21.2. The molecule has 0 aliphatic rings.